The number of nitrogens with zero attached hydrogens (tertiary/aromatic N) is 2. The van der Waals surface area contributed by atoms with Gasteiger partial charge < -0.3 is 15.0 Å². The number of nitrogens with one attached hydrogen (secondary N) is 1. The molecular weight excluding hydrogens is 582 g/mol. The lowest BCUT2D eigenvalue weighted by Crippen LogP contribution is -2.41. The number of primary amides is 1. The zero-order valence-electron chi connectivity index (χ0n) is 25.5. The monoisotopic (exact) mass is 618 g/mol. The van der Waals surface area contributed by atoms with Crippen molar-refractivity contribution < 1.29 is 26.9 Å². The van der Waals surface area contributed by atoms with Crippen LogP contribution in [0.1, 0.15) is 73.5 Å². The first-order valence-corrected chi connectivity index (χ1v) is 16.4. The van der Waals surface area contributed by atoms with E-state index in [1.165, 1.54) is 28.8 Å². The Balaban J connectivity index is 1.24. The predicted octanol–water partition coefficient (Wildman–Crippen LogP) is 4.71. The van der Waals surface area contributed by atoms with Gasteiger partial charge in [0.1, 0.15) is 11.5 Å². The van der Waals surface area contributed by atoms with Gasteiger partial charge in [-0.05, 0) is 107 Å². The second-order valence-corrected chi connectivity index (χ2v) is 14.6. The van der Waals surface area contributed by atoms with E-state index in [4.69, 9.17) is 15.0 Å². The van der Waals surface area contributed by atoms with E-state index in [1.807, 2.05) is 52.8 Å². The third-order valence-corrected chi connectivity index (χ3v) is 10.2. The maximum Gasteiger partial charge on any atom is 0.495 e. The first-order valence-electron chi connectivity index (χ1n) is 14.7. The number of pyridine rings is 1. The van der Waals surface area contributed by atoms with Gasteiger partial charge in [0.25, 0.3) is 5.91 Å². The summed E-state index contributed by atoms with van der Waals surface area (Å²) in [5, 5.41) is 4.55. The van der Waals surface area contributed by atoms with Crippen molar-refractivity contribution in [2.75, 3.05) is 10.5 Å². The number of amides is 1. The van der Waals surface area contributed by atoms with Crippen molar-refractivity contribution in [3.63, 3.8) is 0 Å². The Hall–Kier alpha value is -3.74. The van der Waals surface area contributed by atoms with Crippen LogP contribution in [-0.4, -0.2) is 48.0 Å². The van der Waals surface area contributed by atoms with Gasteiger partial charge in [-0.25, -0.2) is 17.3 Å². The predicted molar refractivity (Wildman–Crippen MR) is 169 cm³/mol. The van der Waals surface area contributed by atoms with Crippen molar-refractivity contribution in [1.82, 2.24) is 9.61 Å². The van der Waals surface area contributed by atoms with Gasteiger partial charge in [0.15, 0.2) is 0 Å². The number of fused-ring (bicyclic) bond motifs is 1. The SMILES string of the molecule is Cc1cc(CCS(=O)(=O)Nc2cn3nc(-c4ccc(F)cc4)c(C(N)=O)c3cc2C2CC2)ccc1B1OC(C)(C)C(C)(C)O1. The number of hydrogen-bond donors (Lipinski definition) is 2. The van der Waals surface area contributed by atoms with E-state index in [0.29, 0.717) is 28.9 Å². The van der Waals surface area contributed by atoms with Gasteiger partial charge in [0.05, 0.1) is 39.9 Å². The highest BCUT2D eigenvalue weighted by Crippen LogP contribution is 2.45. The molecule has 6 rings (SSSR count). The molecule has 1 aliphatic heterocycles. The Bertz CT molecular complexity index is 1870. The third kappa shape index (κ3) is 5.73. The molecule has 2 aliphatic rings. The molecule has 1 saturated carbocycles. The van der Waals surface area contributed by atoms with Crippen molar-refractivity contribution in [2.45, 2.75) is 71.0 Å². The summed E-state index contributed by atoms with van der Waals surface area (Å²) in [6, 6.07) is 13.2. The van der Waals surface area contributed by atoms with Crippen molar-refractivity contribution in [2.24, 2.45) is 5.73 Å². The molecule has 230 valence electrons. The van der Waals surface area contributed by atoms with Crippen LogP contribution in [0.15, 0.2) is 54.7 Å². The fourth-order valence-electron chi connectivity index (χ4n) is 5.57. The average molecular weight is 619 g/mol. The van der Waals surface area contributed by atoms with Crippen LogP contribution in [0.25, 0.3) is 16.8 Å². The quantitative estimate of drug-likeness (QED) is 0.262. The van der Waals surface area contributed by atoms with Crippen LogP contribution in [0.4, 0.5) is 10.1 Å². The second-order valence-electron chi connectivity index (χ2n) is 12.8. The summed E-state index contributed by atoms with van der Waals surface area (Å²) in [4.78, 5) is 12.5. The molecule has 2 fully saturated rings. The maximum absolute atomic E-state index is 13.6. The van der Waals surface area contributed by atoms with Crippen molar-refractivity contribution in [1.29, 1.82) is 0 Å². The molecular formula is C32H36BFN4O5S. The highest BCUT2D eigenvalue weighted by atomic mass is 32.2. The van der Waals surface area contributed by atoms with E-state index in [-0.39, 0.29) is 17.2 Å². The highest BCUT2D eigenvalue weighted by molar-refractivity contribution is 7.92. The summed E-state index contributed by atoms with van der Waals surface area (Å²) in [6.45, 7) is 10.0. The smallest absolute Gasteiger partial charge is 0.399 e. The minimum atomic E-state index is -3.75. The van der Waals surface area contributed by atoms with E-state index < -0.39 is 40.1 Å². The molecule has 3 heterocycles. The molecule has 0 bridgehead atoms. The zero-order valence-corrected chi connectivity index (χ0v) is 26.3. The number of carbonyl (C=O) groups excluding carboxylic acids is 1. The van der Waals surface area contributed by atoms with Crippen molar-refractivity contribution in [3.8, 4) is 11.3 Å². The number of hydrogen-bond acceptors (Lipinski definition) is 6. The fourth-order valence-corrected chi connectivity index (χ4v) is 6.69. The van der Waals surface area contributed by atoms with E-state index in [1.54, 1.807) is 12.3 Å². The van der Waals surface area contributed by atoms with Gasteiger partial charge in [0.2, 0.25) is 10.0 Å². The molecule has 2 aromatic heterocycles. The van der Waals surface area contributed by atoms with E-state index in [0.717, 1.165) is 35.0 Å². The molecule has 0 unspecified atom stereocenters. The number of nitrogens with two attached hydrogens (primary N) is 1. The Kier molecular flexibility index (Phi) is 7.38. The molecule has 1 amide bonds. The summed E-state index contributed by atoms with van der Waals surface area (Å²) >= 11 is 0. The zero-order chi connectivity index (χ0) is 31.6. The van der Waals surface area contributed by atoms with Gasteiger partial charge in [0, 0.05) is 5.56 Å². The van der Waals surface area contributed by atoms with Gasteiger partial charge >= 0.3 is 7.12 Å². The van der Waals surface area contributed by atoms with Crippen LogP contribution >= 0.6 is 0 Å². The Morgan fingerprint density at radius 1 is 1.09 bits per heavy atom. The van der Waals surface area contributed by atoms with Gasteiger partial charge in [-0.2, -0.15) is 5.10 Å². The van der Waals surface area contributed by atoms with Crippen molar-refractivity contribution >= 4 is 39.7 Å². The number of anilines is 1. The number of sulfonamides is 1. The highest BCUT2D eigenvalue weighted by Gasteiger charge is 2.52. The molecule has 3 N–H and O–H groups in total. The van der Waals surface area contributed by atoms with Crippen molar-refractivity contribution in [3.05, 3.63) is 82.8 Å². The van der Waals surface area contributed by atoms with Crippen LogP contribution in [0.2, 0.25) is 0 Å². The van der Waals surface area contributed by atoms with Gasteiger partial charge in [-0.1, -0.05) is 23.8 Å². The fraction of sp³-hybridized carbons (Fsp3) is 0.375. The van der Waals surface area contributed by atoms with E-state index in [9.17, 15) is 17.6 Å². The number of halogens is 1. The number of aromatic nitrogens is 2. The molecule has 9 nitrogen and oxygen atoms in total. The minimum Gasteiger partial charge on any atom is -0.399 e. The lowest BCUT2D eigenvalue weighted by atomic mass is 9.75. The first-order chi connectivity index (χ1) is 20.6. The Morgan fingerprint density at radius 2 is 1.75 bits per heavy atom. The molecule has 0 spiro atoms. The lowest BCUT2D eigenvalue weighted by Gasteiger charge is -2.32. The summed E-state index contributed by atoms with van der Waals surface area (Å²) in [5.74, 6) is -1.06. The molecule has 12 heteroatoms. The Labute approximate surface area is 257 Å². The number of carbonyl (C=O) groups is 1. The summed E-state index contributed by atoms with van der Waals surface area (Å²) < 4.78 is 56.9. The van der Waals surface area contributed by atoms with E-state index in [2.05, 4.69) is 9.82 Å². The van der Waals surface area contributed by atoms with Gasteiger partial charge in [-0.15, -0.1) is 0 Å². The van der Waals surface area contributed by atoms with Crippen LogP contribution < -0.4 is 15.9 Å². The second kappa shape index (κ2) is 10.7. The molecule has 4 aromatic rings. The molecule has 2 aromatic carbocycles. The van der Waals surface area contributed by atoms with Crippen LogP contribution in [0, 0.1) is 12.7 Å². The van der Waals surface area contributed by atoms with Crippen LogP contribution in [0.3, 0.4) is 0 Å². The minimum absolute atomic E-state index is 0.128. The summed E-state index contributed by atoms with van der Waals surface area (Å²) in [6.07, 6.45) is 3.71. The maximum atomic E-state index is 13.6. The van der Waals surface area contributed by atoms with E-state index >= 15 is 0 Å². The molecule has 1 aliphatic carbocycles. The standard InChI is InChI=1S/C32H36BFN4O5S/c1-19-16-20(6-13-25(19)33-42-31(2,3)32(4,5)43-33)14-15-44(40,41)37-26-18-38-27(17-24(26)21-7-8-21)28(30(35)39)29(36-38)22-9-11-23(34)12-10-22/h6,9-13,16-18,21,37H,7-8,14-15H2,1-5H3,(H2,35,39). The number of aryl methyl sites for hydroxylation is 2. The first kappa shape index (κ1) is 30.3. The number of benzene rings is 2. The lowest BCUT2D eigenvalue weighted by molar-refractivity contribution is 0.00578. The van der Waals surface area contributed by atoms with Crippen LogP contribution in [0.5, 0.6) is 0 Å². The normalized spacial score (nSPS) is 17.7. The summed E-state index contributed by atoms with van der Waals surface area (Å²) in [5.41, 5.74) is 10.3. The molecule has 44 heavy (non-hydrogen) atoms. The summed E-state index contributed by atoms with van der Waals surface area (Å²) in [7, 11) is -4.24. The molecule has 0 radical (unpaired) electrons. The molecule has 0 atom stereocenters. The Morgan fingerprint density at radius 3 is 2.34 bits per heavy atom. The van der Waals surface area contributed by atoms with Crippen LogP contribution in [-0.2, 0) is 25.8 Å². The number of rotatable bonds is 9. The largest absolute Gasteiger partial charge is 0.495 e. The molecule has 1 saturated heterocycles. The average Bonchev–Trinajstić information content (AvgIpc) is 3.66. The third-order valence-electron chi connectivity index (χ3n) is 8.95. The van der Waals surface area contributed by atoms with Gasteiger partial charge in [-0.3, -0.25) is 9.52 Å². The topological polar surface area (TPSA) is 125 Å².